The molecule has 234 valence electrons. The van der Waals surface area contributed by atoms with Crippen LogP contribution in [0.3, 0.4) is 0 Å². The molecule has 1 aliphatic rings. The average Bonchev–Trinajstić information content (AvgIpc) is 3.06. The van der Waals surface area contributed by atoms with Crippen molar-refractivity contribution in [3.8, 4) is 11.9 Å². The molecule has 2 aromatic carbocycles. The Morgan fingerprint density at radius 2 is 1.77 bits per heavy atom. The van der Waals surface area contributed by atoms with E-state index in [1.807, 2.05) is 18.5 Å². The van der Waals surface area contributed by atoms with Gasteiger partial charge in [0.2, 0.25) is 5.96 Å². The number of guanidine groups is 1. The fraction of sp³-hybridized carbons (Fsp3) is 0.472. The third kappa shape index (κ3) is 12.0. The summed E-state index contributed by atoms with van der Waals surface area (Å²) in [6.45, 7) is 7.39. The zero-order chi connectivity index (χ0) is 30.7. The van der Waals surface area contributed by atoms with Gasteiger partial charge in [-0.3, -0.25) is 20.2 Å². The van der Waals surface area contributed by atoms with Gasteiger partial charge in [-0.15, -0.1) is 0 Å². The second-order valence-electron chi connectivity index (χ2n) is 11.6. The molecule has 2 heterocycles. The summed E-state index contributed by atoms with van der Waals surface area (Å²) in [5, 5.41) is 15.1. The Bertz CT molecular complexity index is 1220. The molecule has 0 radical (unpaired) electrons. The van der Waals surface area contributed by atoms with E-state index in [4.69, 9.17) is 10.00 Å². The number of unbranched alkanes of at least 4 members (excludes halogenated alkanes) is 1. The topological polar surface area (TPSA) is 88.8 Å². The summed E-state index contributed by atoms with van der Waals surface area (Å²) in [6, 6.07) is 25.3. The van der Waals surface area contributed by atoms with Crippen LogP contribution in [0.4, 0.5) is 0 Å². The van der Waals surface area contributed by atoms with Crippen LogP contribution in [0.15, 0.2) is 84.0 Å². The van der Waals surface area contributed by atoms with E-state index >= 15 is 0 Å². The average molecular weight is 596 g/mol. The third-order valence-electron chi connectivity index (χ3n) is 8.10. The molecule has 1 saturated heterocycles. The summed E-state index contributed by atoms with van der Waals surface area (Å²) in [4.78, 5) is 14.1. The van der Waals surface area contributed by atoms with Gasteiger partial charge in [0.15, 0.2) is 6.19 Å². The lowest BCUT2D eigenvalue weighted by Gasteiger charge is -2.26. The summed E-state index contributed by atoms with van der Waals surface area (Å²) in [7, 11) is 2.18. The molecular formula is C36H49N7O. The highest BCUT2D eigenvalue weighted by Gasteiger charge is 2.16. The monoisotopic (exact) mass is 595 g/mol. The van der Waals surface area contributed by atoms with Gasteiger partial charge in [-0.1, -0.05) is 55.0 Å². The van der Waals surface area contributed by atoms with E-state index in [1.165, 1.54) is 43.5 Å². The normalized spacial score (nSPS) is 14.6. The smallest absolute Gasteiger partial charge is 0.204 e. The van der Waals surface area contributed by atoms with E-state index in [0.29, 0.717) is 19.1 Å². The number of pyridine rings is 1. The number of nitrogens with zero attached hydrogens (tertiary/aromatic N) is 5. The Hall–Kier alpha value is -3.93. The second-order valence-corrected chi connectivity index (χ2v) is 11.6. The maximum atomic E-state index is 9.14. The summed E-state index contributed by atoms with van der Waals surface area (Å²) < 4.78 is 5.92. The van der Waals surface area contributed by atoms with Crippen molar-refractivity contribution in [2.24, 2.45) is 4.99 Å². The number of ether oxygens (including phenoxy) is 1. The maximum Gasteiger partial charge on any atom is 0.204 e. The summed E-state index contributed by atoms with van der Waals surface area (Å²) in [6.07, 6.45) is 11.7. The Morgan fingerprint density at radius 3 is 2.52 bits per heavy atom. The van der Waals surface area contributed by atoms with Crippen molar-refractivity contribution in [2.45, 2.75) is 57.4 Å². The Kier molecular flexibility index (Phi) is 14.5. The van der Waals surface area contributed by atoms with Gasteiger partial charge in [-0.05, 0) is 101 Å². The molecule has 1 atom stereocenters. The largest absolute Gasteiger partial charge is 0.494 e. The molecule has 1 unspecified atom stereocenters. The Labute approximate surface area is 264 Å². The number of likely N-dealkylation sites (tertiary alicyclic amines) is 1. The van der Waals surface area contributed by atoms with Crippen LogP contribution in [0.25, 0.3) is 0 Å². The lowest BCUT2D eigenvalue weighted by molar-refractivity contribution is 0.221. The summed E-state index contributed by atoms with van der Waals surface area (Å²) in [5.74, 6) is 1.71. The molecule has 0 amide bonds. The van der Waals surface area contributed by atoms with E-state index < -0.39 is 0 Å². The highest BCUT2D eigenvalue weighted by Crippen LogP contribution is 2.26. The van der Waals surface area contributed by atoms with Crippen molar-refractivity contribution in [3.05, 3.63) is 95.8 Å². The van der Waals surface area contributed by atoms with Crippen LogP contribution in [0.1, 0.15) is 67.7 Å². The first-order chi connectivity index (χ1) is 21.7. The Morgan fingerprint density at radius 1 is 0.977 bits per heavy atom. The molecule has 0 aliphatic carbocycles. The number of nitriles is 1. The molecule has 8 nitrogen and oxygen atoms in total. The third-order valence-corrected chi connectivity index (χ3v) is 8.10. The molecule has 0 spiro atoms. The molecule has 1 aromatic heterocycles. The van der Waals surface area contributed by atoms with Gasteiger partial charge in [0.05, 0.1) is 6.61 Å². The van der Waals surface area contributed by atoms with E-state index in [2.05, 4.69) is 104 Å². The SMILES string of the molecule is CN(CCCCNC(=NCCCOc1ccc(CN2CCCCC2)cc1)NC#N)CCC(c1ccccc1)c1ccccn1. The summed E-state index contributed by atoms with van der Waals surface area (Å²) in [5.41, 5.74) is 3.77. The quantitative estimate of drug-likeness (QED) is 0.0672. The maximum absolute atomic E-state index is 9.14. The first-order valence-corrected chi connectivity index (χ1v) is 16.2. The summed E-state index contributed by atoms with van der Waals surface area (Å²) >= 11 is 0. The van der Waals surface area contributed by atoms with Crippen molar-refractivity contribution < 1.29 is 4.74 Å². The second kappa shape index (κ2) is 19.4. The van der Waals surface area contributed by atoms with Crippen LogP contribution in [-0.4, -0.2) is 73.7 Å². The predicted octanol–water partition coefficient (Wildman–Crippen LogP) is 5.79. The number of aromatic nitrogens is 1. The molecule has 8 heteroatoms. The first-order valence-electron chi connectivity index (χ1n) is 16.2. The van der Waals surface area contributed by atoms with Gasteiger partial charge in [0, 0.05) is 43.9 Å². The van der Waals surface area contributed by atoms with Crippen molar-refractivity contribution in [2.75, 3.05) is 52.9 Å². The van der Waals surface area contributed by atoms with Crippen LogP contribution < -0.4 is 15.4 Å². The zero-order valence-corrected chi connectivity index (χ0v) is 26.3. The molecule has 1 fully saturated rings. The zero-order valence-electron chi connectivity index (χ0n) is 26.3. The van der Waals surface area contributed by atoms with Crippen molar-refractivity contribution in [3.63, 3.8) is 0 Å². The van der Waals surface area contributed by atoms with Crippen molar-refractivity contribution >= 4 is 5.96 Å². The number of benzene rings is 2. The highest BCUT2D eigenvalue weighted by molar-refractivity contribution is 5.81. The van der Waals surface area contributed by atoms with Gasteiger partial charge >= 0.3 is 0 Å². The van der Waals surface area contributed by atoms with Gasteiger partial charge in [-0.2, -0.15) is 5.26 Å². The number of rotatable bonds is 17. The predicted molar refractivity (Wildman–Crippen MR) is 179 cm³/mol. The minimum Gasteiger partial charge on any atom is -0.494 e. The lowest BCUT2D eigenvalue weighted by Crippen LogP contribution is -2.35. The molecule has 44 heavy (non-hydrogen) atoms. The fourth-order valence-corrected chi connectivity index (χ4v) is 5.63. The molecule has 0 saturated carbocycles. The highest BCUT2D eigenvalue weighted by atomic mass is 16.5. The molecule has 2 N–H and O–H groups in total. The molecule has 0 bridgehead atoms. The van der Waals surface area contributed by atoms with Gasteiger partial charge in [0.25, 0.3) is 0 Å². The fourth-order valence-electron chi connectivity index (χ4n) is 5.63. The van der Waals surface area contributed by atoms with Crippen LogP contribution in [0.5, 0.6) is 5.75 Å². The number of nitrogens with one attached hydrogen (secondary N) is 2. The molecule has 1 aliphatic heterocycles. The molecular weight excluding hydrogens is 546 g/mol. The van der Waals surface area contributed by atoms with Crippen molar-refractivity contribution in [1.29, 1.82) is 5.26 Å². The lowest BCUT2D eigenvalue weighted by atomic mass is 9.92. The van der Waals surface area contributed by atoms with E-state index in [0.717, 1.165) is 63.3 Å². The van der Waals surface area contributed by atoms with E-state index in [1.54, 1.807) is 0 Å². The van der Waals surface area contributed by atoms with Gasteiger partial charge in [-0.25, -0.2) is 0 Å². The van der Waals surface area contributed by atoms with Crippen molar-refractivity contribution in [1.82, 2.24) is 25.4 Å². The van der Waals surface area contributed by atoms with Crippen LogP contribution in [0.2, 0.25) is 0 Å². The molecule has 3 aromatic rings. The van der Waals surface area contributed by atoms with Gasteiger partial charge < -0.3 is 15.0 Å². The van der Waals surface area contributed by atoms with Crippen LogP contribution >= 0.6 is 0 Å². The number of piperidine rings is 1. The van der Waals surface area contributed by atoms with Crippen LogP contribution in [0, 0.1) is 11.5 Å². The Balaban J connectivity index is 1.09. The van der Waals surface area contributed by atoms with E-state index in [-0.39, 0.29) is 5.92 Å². The molecule has 4 rings (SSSR count). The minimum atomic E-state index is 0.289. The standard InChI is InChI=1S/C36H49N7O/c1-42(27-20-34(32-13-4-2-5-14-32)35-15-6-7-21-38-35)24-11-8-22-39-36(41-30-37)40-23-12-28-44-33-18-16-31(17-19-33)29-43-25-9-3-10-26-43/h2,4-7,13-19,21,34H,3,8-12,20,22-29H2,1H3,(H2,39,40,41). The van der Waals surface area contributed by atoms with Gasteiger partial charge in [0.1, 0.15) is 5.75 Å². The number of aliphatic imine (C=N–C) groups is 1. The first kappa shape index (κ1) is 33.0. The van der Waals surface area contributed by atoms with Crippen LogP contribution in [-0.2, 0) is 6.54 Å². The number of hydrogen-bond acceptors (Lipinski definition) is 6. The minimum absolute atomic E-state index is 0.289. The van der Waals surface area contributed by atoms with E-state index in [9.17, 15) is 0 Å². The number of hydrogen-bond donors (Lipinski definition) is 2.